The van der Waals surface area contributed by atoms with Gasteiger partial charge in [0, 0.05) is 46.8 Å². The zero-order valence-electron chi connectivity index (χ0n) is 17.7. The largest absolute Gasteiger partial charge is 0.492 e. The molecule has 0 bridgehead atoms. The van der Waals surface area contributed by atoms with Crippen LogP contribution in [-0.2, 0) is 10.0 Å². The standard InChI is InChI=1S/C22H24N6O3S/c1-15-12-16-13-18(6-7-20(16)25-15)26-21-8-9-23-22(28-21)27-17-4-3-5-19(14-17)31-11-10-24-32(2,29)30/h3-9,12-14,24-25H,10-11H2,1-2H3,(H2,23,26,27,28). The van der Waals surface area contributed by atoms with Gasteiger partial charge in [0.2, 0.25) is 16.0 Å². The number of sulfonamides is 1. The molecule has 2 aromatic heterocycles. The Labute approximate surface area is 186 Å². The molecule has 2 aromatic carbocycles. The van der Waals surface area contributed by atoms with Crippen LogP contribution in [0.15, 0.2) is 60.8 Å². The molecule has 0 aliphatic heterocycles. The minimum atomic E-state index is -3.23. The lowest BCUT2D eigenvalue weighted by atomic mass is 10.2. The van der Waals surface area contributed by atoms with Gasteiger partial charge >= 0.3 is 0 Å². The molecule has 4 N–H and O–H groups in total. The number of aromatic amines is 1. The van der Waals surface area contributed by atoms with Crippen LogP contribution in [0.5, 0.6) is 5.75 Å². The summed E-state index contributed by atoms with van der Waals surface area (Å²) in [4.78, 5) is 12.1. The van der Waals surface area contributed by atoms with Crippen LogP contribution in [0.1, 0.15) is 5.69 Å². The Morgan fingerprint density at radius 1 is 1.03 bits per heavy atom. The monoisotopic (exact) mass is 452 g/mol. The smallest absolute Gasteiger partial charge is 0.229 e. The molecule has 4 aromatic rings. The Hall–Kier alpha value is -3.63. The molecule has 0 fully saturated rings. The number of fused-ring (bicyclic) bond motifs is 1. The van der Waals surface area contributed by atoms with E-state index in [1.807, 2.05) is 31.2 Å². The number of aromatic nitrogens is 3. The number of H-pyrrole nitrogens is 1. The summed E-state index contributed by atoms with van der Waals surface area (Å²) in [6.07, 6.45) is 2.79. The predicted molar refractivity (Wildman–Crippen MR) is 126 cm³/mol. The van der Waals surface area contributed by atoms with Crippen molar-refractivity contribution in [3.8, 4) is 5.75 Å². The number of aryl methyl sites for hydroxylation is 1. The Balaban J connectivity index is 1.40. The molecule has 10 heteroatoms. The molecule has 9 nitrogen and oxygen atoms in total. The van der Waals surface area contributed by atoms with E-state index < -0.39 is 10.0 Å². The zero-order chi connectivity index (χ0) is 22.6. The highest BCUT2D eigenvalue weighted by Crippen LogP contribution is 2.24. The molecule has 0 aliphatic rings. The first kappa shape index (κ1) is 21.6. The second kappa shape index (κ2) is 9.25. The average molecular weight is 453 g/mol. The molecule has 0 aliphatic carbocycles. The van der Waals surface area contributed by atoms with Crippen LogP contribution < -0.4 is 20.1 Å². The third-order valence-electron chi connectivity index (χ3n) is 4.51. The van der Waals surface area contributed by atoms with Crippen LogP contribution in [0, 0.1) is 6.92 Å². The second-order valence-electron chi connectivity index (χ2n) is 7.31. The van der Waals surface area contributed by atoms with Crippen molar-refractivity contribution in [2.75, 3.05) is 30.0 Å². The molecule has 0 saturated carbocycles. The fraction of sp³-hybridized carbons (Fsp3) is 0.182. The maximum absolute atomic E-state index is 11.1. The number of rotatable bonds is 9. The van der Waals surface area contributed by atoms with E-state index in [9.17, 15) is 8.42 Å². The summed E-state index contributed by atoms with van der Waals surface area (Å²) < 4.78 is 30.2. The van der Waals surface area contributed by atoms with Crippen molar-refractivity contribution < 1.29 is 13.2 Å². The van der Waals surface area contributed by atoms with E-state index in [0.717, 1.165) is 34.2 Å². The van der Waals surface area contributed by atoms with Crippen LogP contribution in [0.2, 0.25) is 0 Å². The predicted octanol–water partition coefficient (Wildman–Crippen LogP) is 3.68. The van der Waals surface area contributed by atoms with Crippen molar-refractivity contribution in [1.29, 1.82) is 0 Å². The van der Waals surface area contributed by atoms with Crippen molar-refractivity contribution in [2.45, 2.75) is 6.92 Å². The molecule has 0 spiro atoms. The number of hydrogen-bond donors (Lipinski definition) is 4. The van der Waals surface area contributed by atoms with Crippen molar-refractivity contribution in [1.82, 2.24) is 19.7 Å². The van der Waals surface area contributed by atoms with E-state index in [-0.39, 0.29) is 13.2 Å². The molecule has 0 radical (unpaired) electrons. The van der Waals surface area contributed by atoms with Gasteiger partial charge in [0.15, 0.2) is 0 Å². The zero-order valence-corrected chi connectivity index (χ0v) is 18.5. The van der Waals surface area contributed by atoms with E-state index >= 15 is 0 Å². The summed E-state index contributed by atoms with van der Waals surface area (Å²) in [5.74, 6) is 1.70. The Morgan fingerprint density at radius 2 is 1.88 bits per heavy atom. The lowest BCUT2D eigenvalue weighted by Crippen LogP contribution is -2.26. The number of ether oxygens (including phenoxy) is 1. The van der Waals surface area contributed by atoms with Gasteiger partial charge in [-0.1, -0.05) is 6.07 Å². The number of nitrogens with zero attached hydrogens (tertiary/aromatic N) is 2. The van der Waals surface area contributed by atoms with Crippen molar-refractivity contribution >= 4 is 44.1 Å². The maximum Gasteiger partial charge on any atom is 0.229 e. The number of anilines is 4. The van der Waals surface area contributed by atoms with Gasteiger partial charge < -0.3 is 20.4 Å². The highest BCUT2D eigenvalue weighted by molar-refractivity contribution is 7.88. The van der Waals surface area contributed by atoms with E-state index in [2.05, 4.69) is 42.4 Å². The maximum atomic E-state index is 11.1. The van der Waals surface area contributed by atoms with Gasteiger partial charge in [-0.3, -0.25) is 0 Å². The lowest BCUT2D eigenvalue weighted by Gasteiger charge is -2.10. The third kappa shape index (κ3) is 5.96. The second-order valence-corrected chi connectivity index (χ2v) is 9.15. The number of hydrogen-bond acceptors (Lipinski definition) is 7. The van der Waals surface area contributed by atoms with Crippen molar-refractivity contribution in [3.05, 3.63) is 66.5 Å². The average Bonchev–Trinajstić information content (AvgIpc) is 3.10. The normalized spacial score (nSPS) is 11.4. The van der Waals surface area contributed by atoms with Crippen molar-refractivity contribution in [2.24, 2.45) is 0 Å². The van der Waals surface area contributed by atoms with Crippen LogP contribution in [0.4, 0.5) is 23.1 Å². The minimum Gasteiger partial charge on any atom is -0.492 e. The van der Waals surface area contributed by atoms with E-state index in [0.29, 0.717) is 17.5 Å². The van der Waals surface area contributed by atoms with E-state index in [4.69, 9.17) is 4.74 Å². The quantitative estimate of drug-likeness (QED) is 0.286. The molecule has 32 heavy (non-hydrogen) atoms. The lowest BCUT2D eigenvalue weighted by molar-refractivity contribution is 0.323. The Morgan fingerprint density at radius 3 is 2.72 bits per heavy atom. The molecular weight excluding hydrogens is 428 g/mol. The topological polar surface area (TPSA) is 121 Å². The molecule has 4 rings (SSSR count). The first-order valence-corrected chi connectivity index (χ1v) is 11.9. The highest BCUT2D eigenvalue weighted by Gasteiger charge is 2.05. The van der Waals surface area contributed by atoms with Gasteiger partial charge in [0.05, 0.1) is 6.26 Å². The third-order valence-corrected chi connectivity index (χ3v) is 5.24. The molecule has 0 saturated heterocycles. The molecule has 0 atom stereocenters. The van der Waals surface area contributed by atoms with E-state index in [1.54, 1.807) is 24.4 Å². The fourth-order valence-electron chi connectivity index (χ4n) is 3.18. The number of nitrogens with one attached hydrogen (secondary N) is 4. The van der Waals surface area contributed by atoms with Gasteiger partial charge in [-0.05, 0) is 49.4 Å². The first-order valence-electron chi connectivity index (χ1n) is 9.98. The molecule has 0 unspecified atom stereocenters. The van der Waals surface area contributed by atoms with Gasteiger partial charge in [-0.25, -0.2) is 18.1 Å². The minimum absolute atomic E-state index is 0.196. The highest BCUT2D eigenvalue weighted by atomic mass is 32.2. The summed E-state index contributed by atoms with van der Waals surface area (Å²) in [6.45, 7) is 2.45. The molecule has 0 amide bonds. The summed E-state index contributed by atoms with van der Waals surface area (Å²) in [5, 5.41) is 7.59. The summed E-state index contributed by atoms with van der Waals surface area (Å²) >= 11 is 0. The molecule has 2 heterocycles. The first-order chi connectivity index (χ1) is 15.3. The summed E-state index contributed by atoms with van der Waals surface area (Å²) in [5.41, 5.74) is 3.88. The Bertz CT molecular complexity index is 1340. The van der Waals surface area contributed by atoms with Crippen LogP contribution in [-0.4, -0.2) is 42.8 Å². The van der Waals surface area contributed by atoms with Gasteiger partial charge in [0.25, 0.3) is 0 Å². The fourth-order valence-corrected chi connectivity index (χ4v) is 3.63. The molecule has 166 valence electrons. The van der Waals surface area contributed by atoms with Gasteiger partial charge in [-0.15, -0.1) is 0 Å². The Kier molecular flexibility index (Phi) is 6.24. The molecular formula is C22H24N6O3S. The van der Waals surface area contributed by atoms with Gasteiger partial charge in [0.1, 0.15) is 18.2 Å². The van der Waals surface area contributed by atoms with Gasteiger partial charge in [-0.2, -0.15) is 4.98 Å². The van der Waals surface area contributed by atoms with Crippen LogP contribution in [0.25, 0.3) is 10.9 Å². The SMILES string of the molecule is Cc1cc2cc(Nc3ccnc(Nc4cccc(OCCNS(C)(=O)=O)c4)n3)ccc2[nH]1. The summed E-state index contributed by atoms with van der Waals surface area (Å²) in [7, 11) is -3.23. The summed E-state index contributed by atoms with van der Waals surface area (Å²) in [6, 6.07) is 17.3. The van der Waals surface area contributed by atoms with Crippen LogP contribution >= 0.6 is 0 Å². The number of benzene rings is 2. The van der Waals surface area contributed by atoms with Crippen molar-refractivity contribution in [3.63, 3.8) is 0 Å². The van der Waals surface area contributed by atoms with Crippen LogP contribution in [0.3, 0.4) is 0 Å². The van der Waals surface area contributed by atoms with E-state index in [1.165, 1.54) is 0 Å².